The van der Waals surface area contributed by atoms with E-state index in [1.807, 2.05) is 30.3 Å². The molecular weight excluding hydrogens is 204 g/mol. The highest BCUT2D eigenvalue weighted by Crippen LogP contribution is 2.01. The van der Waals surface area contributed by atoms with Crippen molar-refractivity contribution in [1.29, 1.82) is 0 Å². The third kappa shape index (κ3) is 3.82. The lowest BCUT2D eigenvalue weighted by molar-refractivity contribution is -0.124. The number of rotatable bonds is 5. The number of benzene rings is 1. The molecule has 0 saturated heterocycles. The Morgan fingerprint density at radius 3 is 2.62 bits per heavy atom. The topological polar surface area (TPSA) is 72.2 Å². The largest absolute Gasteiger partial charge is 0.346 e. The number of carbonyl (C=O) groups excluding carboxylic acids is 2. The lowest BCUT2D eigenvalue weighted by atomic mass is 10.1. The highest BCUT2D eigenvalue weighted by atomic mass is 16.2. The number of hydrogen-bond acceptors (Lipinski definition) is 3. The normalized spacial score (nSPS) is 13.9. The SMILES string of the molecule is CC(C=O)NC(=O)C(N)Cc1ccccc1. The van der Waals surface area contributed by atoms with E-state index < -0.39 is 12.1 Å². The average molecular weight is 220 g/mol. The quantitative estimate of drug-likeness (QED) is 0.699. The molecule has 0 saturated carbocycles. The standard InChI is InChI=1S/C12H16N2O2/c1-9(8-15)14-12(16)11(13)7-10-5-3-2-4-6-10/h2-6,8-9,11H,7,13H2,1H3,(H,14,16). The molecule has 0 aliphatic heterocycles. The maximum absolute atomic E-state index is 11.5. The van der Waals surface area contributed by atoms with E-state index in [9.17, 15) is 9.59 Å². The first-order valence-electron chi connectivity index (χ1n) is 5.18. The van der Waals surface area contributed by atoms with Gasteiger partial charge in [0.25, 0.3) is 0 Å². The van der Waals surface area contributed by atoms with Crippen LogP contribution in [0.5, 0.6) is 0 Å². The third-order valence-electron chi connectivity index (χ3n) is 2.21. The molecule has 1 aromatic carbocycles. The van der Waals surface area contributed by atoms with Crippen molar-refractivity contribution in [3.8, 4) is 0 Å². The van der Waals surface area contributed by atoms with Gasteiger partial charge in [-0.25, -0.2) is 0 Å². The van der Waals surface area contributed by atoms with Gasteiger partial charge in [-0.1, -0.05) is 30.3 Å². The molecule has 0 aliphatic carbocycles. The van der Waals surface area contributed by atoms with Crippen molar-refractivity contribution in [2.24, 2.45) is 5.73 Å². The number of amides is 1. The van der Waals surface area contributed by atoms with E-state index >= 15 is 0 Å². The molecular formula is C12H16N2O2. The number of hydrogen-bond donors (Lipinski definition) is 2. The van der Waals surface area contributed by atoms with Crippen LogP contribution >= 0.6 is 0 Å². The summed E-state index contributed by atoms with van der Waals surface area (Å²) in [6.07, 6.45) is 1.14. The van der Waals surface area contributed by atoms with E-state index in [1.165, 1.54) is 0 Å². The average Bonchev–Trinajstić information content (AvgIpc) is 2.30. The maximum Gasteiger partial charge on any atom is 0.237 e. The van der Waals surface area contributed by atoms with Crippen LogP contribution < -0.4 is 11.1 Å². The molecule has 2 unspecified atom stereocenters. The van der Waals surface area contributed by atoms with E-state index in [2.05, 4.69) is 5.32 Å². The lowest BCUT2D eigenvalue weighted by Gasteiger charge is -2.13. The zero-order valence-electron chi connectivity index (χ0n) is 9.22. The van der Waals surface area contributed by atoms with E-state index in [4.69, 9.17) is 5.73 Å². The Morgan fingerprint density at radius 1 is 1.44 bits per heavy atom. The van der Waals surface area contributed by atoms with Gasteiger partial charge in [0.05, 0.1) is 12.1 Å². The third-order valence-corrected chi connectivity index (χ3v) is 2.21. The van der Waals surface area contributed by atoms with Crippen LogP contribution in [0.4, 0.5) is 0 Å². The summed E-state index contributed by atoms with van der Waals surface area (Å²) in [5, 5.41) is 2.52. The van der Waals surface area contributed by atoms with E-state index in [0.717, 1.165) is 5.56 Å². The van der Waals surface area contributed by atoms with Crippen LogP contribution in [0.25, 0.3) is 0 Å². The van der Waals surface area contributed by atoms with Crippen molar-refractivity contribution < 1.29 is 9.59 Å². The molecule has 0 radical (unpaired) electrons. The summed E-state index contributed by atoms with van der Waals surface area (Å²) < 4.78 is 0. The van der Waals surface area contributed by atoms with Crippen LogP contribution in [-0.4, -0.2) is 24.3 Å². The Morgan fingerprint density at radius 2 is 2.06 bits per heavy atom. The second-order valence-electron chi connectivity index (χ2n) is 3.73. The second kappa shape index (κ2) is 6.02. The monoisotopic (exact) mass is 220 g/mol. The minimum absolute atomic E-state index is 0.302. The van der Waals surface area contributed by atoms with Crippen LogP contribution in [0, 0.1) is 0 Å². The predicted molar refractivity (Wildman–Crippen MR) is 61.8 cm³/mol. The lowest BCUT2D eigenvalue weighted by Crippen LogP contribution is -2.46. The Kier molecular flexibility index (Phi) is 4.66. The smallest absolute Gasteiger partial charge is 0.237 e. The van der Waals surface area contributed by atoms with E-state index in [1.54, 1.807) is 6.92 Å². The van der Waals surface area contributed by atoms with Crippen molar-refractivity contribution in [1.82, 2.24) is 5.32 Å². The minimum atomic E-state index is -0.621. The second-order valence-corrected chi connectivity index (χ2v) is 3.73. The van der Waals surface area contributed by atoms with Crippen LogP contribution in [0.1, 0.15) is 12.5 Å². The molecule has 4 nitrogen and oxygen atoms in total. The summed E-state index contributed by atoms with van der Waals surface area (Å²) in [4.78, 5) is 21.9. The summed E-state index contributed by atoms with van der Waals surface area (Å²) in [5.41, 5.74) is 6.73. The highest BCUT2D eigenvalue weighted by Gasteiger charge is 2.15. The van der Waals surface area contributed by atoms with Gasteiger partial charge in [0.2, 0.25) is 5.91 Å². The predicted octanol–water partition coefficient (Wildman–Crippen LogP) is 0.260. The van der Waals surface area contributed by atoms with Gasteiger partial charge in [0, 0.05) is 0 Å². The number of nitrogens with one attached hydrogen (secondary N) is 1. The van der Waals surface area contributed by atoms with Crippen molar-refractivity contribution in [2.45, 2.75) is 25.4 Å². The zero-order valence-corrected chi connectivity index (χ0v) is 9.22. The molecule has 86 valence electrons. The van der Waals surface area contributed by atoms with E-state index in [-0.39, 0.29) is 5.91 Å². The molecule has 0 bridgehead atoms. The first kappa shape index (κ1) is 12.4. The molecule has 4 heteroatoms. The zero-order chi connectivity index (χ0) is 12.0. The molecule has 0 heterocycles. The van der Waals surface area contributed by atoms with Crippen molar-refractivity contribution in [3.05, 3.63) is 35.9 Å². The fourth-order valence-corrected chi connectivity index (χ4v) is 1.33. The Hall–Kier alpha value is -1.68. The molecule has 1 amide bonds. The van der Waals surface area contributed by atoms with Crippen molar-refractivity contribution in [2.75, 3.05) is 0 Å². The molecule has 0 fully saturated rings. The van der Waals surface area contributed by atoms with Gasteiger partial charge in [-0.3, -0.25) is 4.79 Å². The van der Waals surface area contributed by atoms with Crippen molar-refractivity contribution >= 4 is 12.2 Å². The molecule has 0 spiro atoms. The highest BCUT2D eigenvalue weighted by molar-refractivity contribution is 5.84. The van der Waals surface area contributed by atoms with Gasteiger partial charge >= 0.3 is 0 Å². The van der Waals surface area contributed by atoms with Gasteiger partial charge in [0.15, 0.2) is 0 Å². The fourth-order valence-electron chi connectivity index (χ4n) is 1.33. The number of carbonyl (C=O) groups is 2. The molecule has 1 aromatic rings. The van der Waals surface area contributed by atoms with Gasteiger partial charge in [-0.2, -0.15) is 0 Å². The summed E-state index contributed by atoms with van der Waals surface area (Å²) in [5.74, 6) is -0.302. The maximum atomic E-state index is 11.5. The number of nitrogens with two attached hydrogens (primary N) is 1. The molecule has 0 aliphatic rings. The molecule has 3 N–H and O–H groups in total. The van der Waals surface area contributed by atoms with Crippen LogP contribution in [-0.2, 0) is 16.0 Å². The Labute approximate surface area is 94.8 Å². The number of aldehydes is 1. The van der Waals surface area contributed by atoms with Crippen LogP contribution in [0.15, 0.2) is 30.3 Å². The molecule has 0 aromatic heterocycles. The van der Waals surface area contributed by atoms with Gasteiger partial charge in [-0.15, -0.1) is 0 Å². The van der Waals surface area contributed by atoms with Gasteiger partial charge in [-0.05, 0) is 18.9 Å². The molecule has 16 heavy (non-hydrogen) atoms. The van der Waals surface area contributed by atoms with Crippen molar-refractivity contribution in [3.63, 3.8) is 0 Å². The minimum Gasteiger partial charge on any atom is -0.346 e. The molecule has 1 rings (SSSR count). The summed E-state index contributed by atoms with van der Waals surface area (Å²) in [7, 11) is 0. The molecule has 2 atom stereocenters. The Bertz CT molecular complexity index is 351. The van der Waals surface area contributed by atoms with Gasteiger partial charge < -0.3 is 15.8 Å². The summed E-state index contributed by atoms with van der Waals surface area (Å²) in [6.45, 7) is 1.61. The summed E-state index contributed by atoms with van der Waals surface area (Å²) >= 11 is 0. The van der Waals surface area contributed by atoms with Crippen LogP contribution in [0.3, 0.4) is 0 Å². The fraction of sp³-hybridized carbons (Fsp3) is 0.333. The Balaban J connectivity index is 2.49. The summed E-state index contributed by atoms with van der Waals surface area (Å²) in [6, 6.07) is 8.41. The van der Waals surface area contributed by atoms with Crippen LogP contribution in [0.2, 0.25) is 0 Å². The van der Waals surface area contributed by atoms with E-state index in [0.29, 0.717) is 12.7 Å². The first-order valence-corrected chi connectivity index (χ1v) is 5.18. The van der Waals surface area contributed by atoms with Gasteiger partial charge in [0.1, 0.15) is 6.29 Å². The first-order chi connectivity index (χ1) is 7.63.